The zero-order valence-electron chi connectivity index (χ0n) is 18.1. The number of aryl methyl sites for hydroxylation is 1. The minimum absolute atomic E-state index is 0.0263. The van der Waals surface area contributed by atoms with Gasteiger partial charge in [0.05, 0.1) is 10.6 Å². The van der Waals surface area contributed by atoms with Crippen LogP contribution in [0, 0.1) is 0 Å². The summed E-state index contributed by atoms with van der Waals surface area (Å²) in [6.45, 7) is 9.73. The number of carbonyl (C=O) groups is 1. The van der Waals surface area contributed by atoms with Crippen LogP contribution < -0.4 is 4.90 Å². The Labute approximate surface area is 174 Å². The molecule has 4 nitrogen and oxygen atoms in total. The number of hydrogen-bond acceptors (Lipinski definition) is 4. The lowest BCUT2D eigenvalue weighted by molar-refractivity contribution is -0.114. The number of benzene rings is 1. The summed E-state index contributed by atoms with van der Waals surface area (Å²) in [7, 11) is 2.02. The molecule has 0 saturated carbocycles. The predicted octanol–water partition coefficient (Wildman–Crippen LogP) is 5.27. The van der Waals surface area contributed by atoms with Crippen LogP contribution in [0.25, 0.3) is 0 Å². The Bertz CT molecular complexity index is 795. The van der Waals surface area contributed by atoms with Gasteiger partial charge in [0.2, 0.25) is 0 Å². The van der Waals surface area contributed by atoms with Crippen molar-refractivity contribution in [3.8, 4) is 0 Å². The molecule has 1 aromatic rings. The van der Waals surface area contributed by atoms with E-state index in [-0.39, 0.29) is 5.91 Å². The normalized spacial score (nSPS) is 16.7. The van der Waals surface area contributed by atoms with Crippen molar-refractivity contribution < 1.29 is 4.79 Å². The Balaban J connectivity index is 2.57. The molecule has 0 saturated heterocycles. The van der Waals surface area contributed by atoms with Gasteiger partial charge in [-0.2, -0.15) is 0 Å². The topological polar surface area (TPSA) is 35.9 Å². The van der Waals surface area contributed by atoms with Crippen LogP contribution in [0.4, 0.5) is 5.69 Å². The fourth-order valence-corrected chi connectivity index (χ4v) is 3.31. The van der Waals surface area contributed by atoms with Crippen LogP contribution in [0.1, 0.15) is 46.1 Å². The number of amides is 1. The Kier molecular flexibility index (Phi) is 8.36. The quantitative estimate of drug-likeness (QED) is 0.483. The van der Waals surface area contributed by atoms with Gasteiger partial charge in [-0.1, -0.05) is 38.0 Å². The zero-order valence-corrected chi connectivity index (χ0v) is 18.9. The molecule has 0 spiro atoms. The van der Waals surface area contributed by atoms with Crippen LogP contribution >= 0.6 is 11.8 Å². The second-order valence-corrected chi connectivity index (χ2v) is 8.21. The zero-order chi connectivity index (χ0) is 20.7. The summed E-state index contributed by atoms with van der Waals surface area (Å²) in [5, 5.41) is 0.952. The molecule has 1 heterocycles. The van der Waals surface area contributed by atoms with Gasteiger partial charge in [0, 0.05) is 25.8 Å². The molecule has 0 radical (unpaired) electrons. The Morgan fingerprint density at radius 1 is 1.25 bits per heavy atom. The van der Waals surface area contributed by atoms with E-state index in [2.05, 4.69) is 43.9 Å². The molecule has 0 fully saturated rings. The van der Waals surface area contributed by atoms with Crippen LogP contribution in [0.5, 0.6) is 0 Å². The minimum Gasteiger partial charge on any atom is -0.357 e. The van der Waals surface area contributed by atoms with E-state index >= 15 is 0 Å². The standard InChI is InChI=1S/C23H33N3OS/c1-7-10-19-11-9-12-20(16-19)26-14-13-25(5)22(24-18(4)28-6)21(23(26)27)15-17(3)8-2/h9,11-12,15-16H,7-8,10,13-14H2,1-6H3/b17-15-,24-18+. The molecular weight excluding hydrogens is 366 g/mol. The van der Waals surface area contributed by atoms with Crippen molar-refractivity contribution >= 4 is 28.4 Å². The third kappa shape index (κ3) is 5.51. The van der Waals surface area contributed by atoms with Gasteiger partial charge in [0.1, 0.15) is 5.82 Å². The van der Waals surface area contributed by atoms with Crippen molar-refractivity contribution in [2.45, 2.75) is 47.0 Å². The molecule has 0 bridgehead atoms. The lowest BCUT2D eigenvalue weighted by Crippen LogP contribution is -2.34. The lowest BCUT2D eigenvalue weighted by atomic mass is 10.1. The maximum absolute atomic E-state index is 13.6. The number of rotatable bonds is 6. The molecule has 1 aromatic carbocycles. The van der Waals surface area contributed by atoms with Gasteiger partial charge in [-0.15, -0.1) is 11.8 Å². The SMILES string of the molecule is CCCc1cccc(N2CCN(C)C(/N=C(\C)SC)=C(/C=C(/C)CC)C2=O)c1. The first-order valence-corrected chi connectivity index (χ1v) is 11.3. The molecule has 1 aliphatic rings. The molecule has 1 aliphatic heterocycles. The average Bonchev–Trinajstić information content (AvgIpc) is 2.80. The van der Waals surface area contributed by atoms with E-state index in [1.54, 1.807) is 11.8 Å². The highest BCUT2D eigenvalue weighted by atomic mass is 32.2. The summed E-state index contributed by atoms with van der Waals surface area (Å²) in [4.78, 5) is 22.4. The van der Waals surface area contributed by atoms with Gasteiger partial charge < -0.3 is 9.80 Å². The van der Waals surface area contributed by atoms with E-state index in [1.807, 2.05) is 37.3 Å². The van der Waals surface area contributed by atoms with Crippen molar-refractivity contribution in [1.29, 1.82) is 0 Å². The first-order valence-electron chi connectivity index (χ1n) is 10.0. The average molecular weight is 400 g/mol. The number of hydrogen-bond donors (Lipinski definition) is 0. The molecule has 0 atom stereocenters. The highest BCUT2D eigenvalue weighted by Gasteiger charge is 2.28. The Morgan fingerprint density at radius 3 is 2.64 bits per heavy atom. The smallest absolute Gasteiger partial charge is 0.262 e. The Hall–Kier alpha value is -2.01. The molecule has 0 unspecified atom stereocenters. The number of anilines is 1. The third-order valence-corrected chi connectivity index (χ3v) is 5.69. The summed E-state index contributed by atoms with van der Waals surface area (Å²) in [6.07, 6.45) is 7.05. The van der Waals surface area contributed by atoms with E-state index in [9.17, 15) is 4.79 Å². The molecule has 0 aliphatic carbocycles. The number of likely N-dealkylation sites (N-methyl/N-ethyl adjacent to an activating group) is 1. The molecular formula is C23H33N3OS. The van der Waals surface area contributed by atoms with Gasteiger partial charge in [-0.05, 0) is 56.7 Å². The number of carbonyl (C=O) groups excluding carboxylic acids is 1. The predicted molar refractivity (Wildman–Crippen MR) is 123 cm³/mol. The van der Waals surface area contributed by atoms with Crippen LogP contribution in [-0.2, 0) is 11.2 Å². The van der Waals surface area contributed by atoms with E-state index in [0.717, 1.165) is 42.4 Å². The number of aliphatic imine (C=N–C) groups is 1. The Morgan fingerprint density at radius 2 is 2.00 bits per heavy atom. The lowest BCUT2D eigenvalue weighted by Gasteiger charge is -2.22. The van der Waals surface area contributed by atoms with Crippen molar-refractivity contribution in [2.75, 3.05) is 31.3 Å². The van der Waals surface area contributed by atoms with Crippen molar-refractivity contribution in [3.05, 3.63) is 52.9 Å². The van der Waals surface area contributed by atoms with Crippen LogP contribution in [0.3, 0.4) is 0 Å². The fourth-order valence-electron chi connectivity index (χ4n) is 3.13. The maximum Gasteiger partial charge on any atom is 0.262 e. The van der Waals surface area contributed by atoms with E-state index in [1.165, 1.54) is 11.1 Å². The maximum atomic E-state index is 13.6. The van der Waals surface area contributed by atoms with Gasteiger partial charge in [0.25, 0.3) is 5.91 Å². The summed E-state index contributed by atoms with van der Waals surface area (Å²) in [6, 6.07) is 8.37. The van der Waals surface area contributed by atoms with Crippen molar-refractivity contribution in [1.82, 2.24) is 4.90 Å². The molecule has 1 amide bonds. The van der Waals surface area contributed by atoms with Crippen molar-refractivity contribution in [3.63, 3.8) is 0 Å². The van der Waals surface area contributed by atoms with Gasteiger partial charge in [-0.3, -0.25) is 4.79 Å². The molecule has 2 rings (SSSR count). The summed E-state index contributed by atoms with van der Waals surface area (Å²) >= 11 is 1.60. The summed E-state index contributed by atoms with van der Waals surface area (Å²) in [5.74, 6) is 0.787. The first kappa shape index (κ1) is 22.3. The molecule has 0 aromatic heterocycles. The molecule has 152 valence electrons. The van der Waals surface area contributed by atoms with Gasteiger partial charge in [-0.25, -0.2) is 4.99 Å². The van der Waals surface area contributed by atoms with E-state index in [4.69, 9.17) is 4.99 Å². The minimum atomic E-state index is 0.0263. The van der Waals surface area contributed by atoms with Gasteiger partial charge in [0.15, 0.2) is 0 Å². The van der Waals surface area contributed by atoms with Crippen LogP contribution in [0.15, 0.2) is 52.3 Å². The monoisotopic (exact) mass is 399 g/mol. The van der Waals surface area contributed by atoms with E-state index in [0.29, 0.717) is 12.1 Å². The highest BCUT2D eigenvalue weighted by molar-refractivity contribution is 8.13. The largest absolute Gasteiger partial charge is 0.357 e. The molecule has 5 heteroatoms. The van der Waals surface area contributed by atoms with Crippen LogP contribution in [0.2, 0.25) is 0 Å². The molecule has 28 heavy (non-hydrogen) atoms. The first-order chi connectivity index (χ1) is 13.4. The van der Waals surface area contributed by atoms with Gasteiger partial charge >= 0.3 is 0 Å². The third-order valence-electron chi connectivity index (χ3n) is 5.01. The second kappa shape index (κ2) is 10.5. The number of nitrogens with zero attached hydrogens (tertiary/aromatic N) is 3. The fraction of sp³-hybridized carbons (Fsp3) is 0.478. The van der Waals surface area contributed by atoms with E-state index < -0.39 is 0 Å². The number of allylic oxidation sites excluding steroid dienone is 1. The van der Waals surface area contributed by atoms with Crippen LogP contribution in [-0.4, -0.2) is 42.2 Å². The highest BCUT2D eigenvalue weighted by Crippen LogP contribution is 2.26. The summed E-state index contributed by atoms with van der Waals surface area (Å²) < 4.78 is 0. The van der Waals surface area contributed by atoms with Crippen molar-refractivity contribution in [2.24, 2.45) is 4.99 Å². The second-order valence-electron chi connectivity index (χ2n) is 7.21. The molecule has 0 N–H and O–H groups in total. The summed E-state index contributed by atoms with van der Waals surface area (Å²) in [5.41, 5.74) is 4.09. The number of thioether (sulfide) groups is 1.